The van der Waals surface area contributed by atoms with E-state index in [2.05, 4.69) is 6.92 Å². The Hall–Kier alpha value is -0.730. The minimum absolute atomic E-state index is 0.0798. The number of unbranched alkanes of at least 4 members (excludes halogenated alkanes) is 13. The molecule has 0 rings (SSSR count). The van der Waals surface area contributed by atoms with Crippen molar-refractivity contribution in [2.75, 3.05) is 6.61 Å². The van der Waals surface area contributed by atoms with Gasteiger partial charge in [-0.1, -0.05) is 104 Å². The molecule has 3 heteroatoms. The monoisotopic (exact) mass is 356 g/mol. The highest BCUT2D eigenvalue weighted by molar-refractivity contribution is 5.60. The topological polar surface area (TPSA) is 35.5 Å². The van der Waals surface area contributed by atoms with Crippen molar-refractivity contribution in [2.24, 2.45) is 5.92 Å². The maximum Gasteiger partial charge on any atom is 0.508 e. The zero-order valence-electron chi connectivity index (χ0n) is 17.5. The van der Waals surface area contributed by atoms with Crippen LogP contribution in [0, 0.1) is 5.92 Å². The van der Waals surface area contributed by atoms with Crippen LogP contribution in [0.5, 0.6) is 0 Å². The number of hydrogen-bond donors (Lipinski definition) is 0. The third-order valence-electron chi connectivity index (χ3n) is 4.94. The molecule has 0 aliphatic rings. The van der Waals surface area contributed by atoms with Gasteiger partial charge in [-0.2, -0.15) is 0 Å². The van der Waals surface area contributed by atoms with Gasteiger partial charge in [0.05, 0.1) is 6.61 Å². The molecule has 150 valence electrons. The molecule has 0 N–H and O–H groups in total. The van der Waals surface area contributed by atoms with Crippen LogP contribution in [0.25, 0.3) is 0 Å². The minimum Gasteiger partial charge on any atom is -0.434 e. The lowest BCUT2D eigenvalue weighted by atomic mass is 10.0. The van der Waals surface area contributed by atoms with E-state index in [1.807, 2.05) is 20.8 Å². The summed E-state index contributed by atoms with van der Waals surface area (Å²) in [5.41, 5.74) is 0. The van der Waals surface area contributed by atoms with Gasteiger partial charge in [0.15, 0.2) is 0 Å². The van der Waals surface area contributed by atoms with E-state index in [4.69, 9.17) is 9.47 Å². The summed E-state index contributed by atoms with van der Waals surface area (Å²) in [5, 5.41) is 0. The fraction of sp³-hybridized carbons (Fsp3) is 0.955. The molecule has 0 radical (unpaired) electrons. The van der Waals surface area contributed by atoms with Gasteiger partial charge < -0.3 is 9.47 Å². The fourth-order valence-corrected chi connectivity index (χ4v) is 2.77. The number of carbonyl (C=O) groups excluding carboxylic acids is 1. The van der Waals surface area contributed by atoms with Crippen LogP contribution in [-0.4, -0.2) is 18.9 Å². The highest BCUT2D eigenvalue weighted by atomic mass is 16.7. The Balaban J connectivity index is 3.17. The summed E-state index contributed by atoms with van der Waals surface area (Å²) in [7, 11) is 0. The zero-order valence-corrected chi connectivity index (χ0v) is 17.5. The summed E-state index contributed by atoms with van der Waals surface area (Å²) in [6.07, 6.45) is 18.1. The summed E-state index contributed by atoms with van der Waals surface area (Å²) < 4.78 is 10.3. The van der Waals surface area contributed by atoms with Crippen LogP contribution in [0.1, 0.15) is 118 Å². The molecule has 1 atom stereocenters. The molecule has 3 nitrogen and oxygen atoms in total. The van der Waals surface area contributed by atoms with Crippen molar-refractivity contribution in [3.63, 3.8) is 0 Å². The van der Waals surface area contributed by atoms with E-state index >= 15 is 0 Å². The Morgan fingerprint density at radius 2 is 1.08 bits per heavy atom. The molecule has 0 aromatic heterocycles. The summed E-state index contributed by atoms with van der Waals surface area (Å²) in [6, 6.07) is 0. The van der Waals surface area contributed by atoms with Crippen LogP contribution in [0.2, 0.25) is 0 Å². The maximum absolute atomic E-state index is 11.4. The van der Waals surface area contributed by atoms with E-state index in [0.29, 0.717) is 12.5 Å². The molecule has 1 unspecified atom stereocenters. The molecular formula is C22H44O3. The molecule has 0 saturated heterocycles. The molecule has 0 bridgehead atoms. The first-order chi connectivity index (χ1) is 12.1. The van der Waals surface area contributed by atoms with Crippen LogP contribution in [0.15, 0.2) is 0 Å². The predicted octanol–water partition coefficient (Wildman–Crippen LogP) is 7.67. The first-order valence-corrected chi connectivity index (χ1v) is 10.9. The summed E-state index contributed by atoms with van der Waals surface area (Å²) in [5.74, 6) is 0.327. The number of hydrogen-bond acceptors (Lipinski definition) is 3. The van der Waals surface area contributed by atoms with Crippen molar-refractivity contribution in [1.29, 1.82) is 0 Å². The maximum atomic E-state index is 11.4. The van der Waals surface area contributed by atoms with Gasteiger partial charge in [-0.25, -0.2) is 4.79 Å². The molecule has 0 saturated carbocycles. The molecule has 0 aliphatic heterocycles. The van der Waals surface area contributed by atoms with Crippen molar-refractivity contribution in [1.82, 2.24) is 0 Å². The largest absolute Gasteiger partial charge is 0.508 e. The van der Waals surface area contributed by atoms with Crippen molar-refractivity contribution in [3.05, 3.63) is 0 Å². The van der Waals surface area contributed by atoms with E-state index in [0.717, 1.165) is 12.8 Å². The average Bonchev–Trinajstić information content (AvgIpc) is 2.58. The third-order valence-corrected chi connectivity index (χ3v) is 4.94. The number of rotatable bonds is 17. The van der Waals surface area contributed by atoms with E-state index in [-0.39, 0.29) is 6.10 Å². The van der Waals surface area contributed by atoms with Gasteiger partial charge in [0.2, 0.25) is 0 Å². The zero-order chi connectivity index (χ0) is 18.8. The fourth-order valence-electron chi connectivity index (χ4n) is 2.77. The Morgan fingerprint density at radius 1 is 0.680 bits per heavy atom. The Morgan fingerprint density at radius 3 is 1.48 bits per heavy atom. The second kappa shape index (κ2) is 18.1. The molecular weight excluding hydrogens is 312 g/mol. The van der Waals surface area contributed by atoms with E-state index in [1.54, 1.807) is 0 Å². The second-order valence-corrected chi connectivity index (χ2v) is 7.76. The van der Waals surface area contributed by atoms with Gasteiger partial charge >= 0.3 is 6.16 Å². The van der Waals surface area contributed by atoms with Crippen LogP contribution in [-0.2, 0) is 9.47 Å². The highest BCUT2D eigenvalue weighted by Gasteiger charge is 2.13. The van der Waals surface area contributed by atoms with E-state index in [1.165, 1.54) is 77.0 Å². The van der Waals surface area contributed by atoms with Gasteiger partial charge in [-0.05, 0) is 19.3 Å². The van der Waals surface area contributed by atoms with E-state index < -0.39 is 6.16 Å². The molecule has 0 aromatic rings. The van der Waals surface area contributed by atoms with Crippen molar-refractivity contribution < 1.29 is 14.3 Å². The average molecular weight is 357 g/mol. The molecule has 0 heterocycles. The molecule has 25 heavy (non-hydrogen) atoms. The van der Waals surface area contributed by atoms with Crippen molar-refractivity contribution >= 4 is 6.16 Å². The highest BCUT2D eigenvalue weighted by Crippen LogP contribution is 2.13. The standard InChI is InChI=1S/C22H44O3/c1-5-6-7-8-9-10-11-12-13-14-15-16-17-18-19-24-22(23)25-21(4)20(2)3/h20-21H,5-19H2,1-4H3. The third kappa shape index (κ3) is 17.9. The molecule has 0 fully saturated rings. The van der Waals surface area contributed by atoms with Gasteiger partial charge in [-0.15, -0.1) is 0 Å². The Kier molecular flexibility index (Phi) is 17.5. The lowest BCUT2D eigenvalue weighted by molar-refractivity contribution is 0.0140. The molecule has 0 spiro atoms. The smallest absolute Gasteiger partial charge is 0.434 e. The summed E-state index contributed by atoms with van der Waals surface area (Å²) in [4.78, 5) is 11.4. The lowest BCUT2D eigenvalue weighted by Crippen LogP contribution is -2.21. The minimum atomic E-state index is -0.518. The van der Waals surface area contributed by atoms with Gasteiger partial charge in [0, 0.05) is 0 Å². The Bertz CT molecular complexity index is 289. The van der Waals surface area contributed by atoms with Gasteiger partial charge in [-0.3, -0.25) is 0 Å². The number of carbonyl (C=O) groups is 1. The van der Waals surface area contributed by atoms with Gasteiger partial charge in [0.25, 0.3) is 0 Å². The summed E-state index contributed by atoms with van der Waals surface area (Å²) in [6.45, 7) is 8.73. The normalized spacial score (nSPS) is 12.4. The van der Waals surface area contributed by atoms with Crippen LogP contribution >= 0.6 is 0 Å². The van der Waals surface area contributed by atoms with Crippen molar-refractivity contribution in [2.45, 2.75) is 124 Å². The molecule has 0 aromatic carbocycles. The van der Waals surface area contributed by atoms with Crippen LogP contribution in [0.3, 0.4) is 0 Å². The van der Waals surface area contributed by atoms with Crippen LogP contribution in [0.4, 0.5) is 4.79 Å². The van der Waals surface area contributed by atoms with Gasteiger partial charge in [0.1, 0.15) is 6.10 Å². The summed E-state index contributed by atoms with van der Waals surface area (Å²) >= 11 is 0. The molecule has 0 aliphatic carbocycles. The number of ether oxygens (including phenoxy) is 2. The van der Waals surface area contributed by atoms with Crippen molar-refractivity contribution in [3.8, 4) is 0 Å². The Labute approximate surface area is 157 Å². The quantitative estimate of drug-likeness (QED) is 0.198. The van der Waals surface area contributed by atoms with E-state index in [9.17, 15) is 4.79 Å². The second-order valence-electron chi connectivity index (χ2n) is 7.76. The predicted molar refractivity (Wildman–Crippen MR) is 107 cm³/mol. The lowest BCUT2D eigenvalue weighted by Gasteiger charge is -2.16. The first kappa shape index (κ1) is 24.3. The molecule has 0 amide bonds. The SMILES string of the molecule is CCCCCCCCCCCCCCCCOC(=O)OC(C)C(C)C. The first-order valence-electron chi connectivity index (χ1n) is 10.9. The van der Waals surface area contributed by atoms with Crippen LogP contribution < -0.4 is 0 Å².